The van der Waals surface area contributed by atoms with Gasteiger partial charge < -0.3 is 15.2 Å². The standard InChI is InChI=1S/C20H19F2N3O/c1-14-4-9-17(11-19(14)22)24-20(26)23-12-18-3-2-10-25(18)13-15-5-7-16(21)8-6-15/h2-11H,12-13H2,1H3,(H2,23,24,26). The van der Waals surface area contributed by atoms with E-state index in [0.29, 0.717) is 24.3 Å². The van der Waals surface area contributed by atoms with Gasteiger partial charge in [0.2, 0.25) is 0 Å². The van der Waals surface area contributed by atoms with E-state index < -0.39 is 6.03 Å². The molecule has 4 nitrogen and oxygen atoms in total. The number of rotatable bonds is 5. The molecule has 0 bridgehead atoms. The number of carbonyl (C=O) groups excluding carboxylic acids is 1. The van der Waals surface area contributed by atoms with Crippen molar-refractivity contribution < 1.29 is 13.6 Å². The molecule has 0 unspecified atom stereocenters. The third-order valence-corrected chi connectivity index (χ3v) is 4.05. The molecule has 3 rings (SSSR count). The molecule has 0 aliphatic carbocycles. The first-order chi connectivity index (χ1) is 12.5. The Morgan fingerprint density at radius 1 is 1.08 bits per heavy atom. The predicted octanol–water partition coefficient (Wildman–Crippen LogP) is 4.44. The van der Waals surface area contributed by atoms with Crippen LogP contribution in [0.4, 0.5) is 19.3 Å². The number of hydrogen-bond donors (Lipinski definition) is 2. The summed E-state index contributed by atoms with van der Waals surface area (Å²) in [6.45, 7) is 2.55. The van der Waals surface area contributed by atoms with E-state index in [2.05, 4.69) is 10.6 Å². The highest BCUT2D eigenvalue weighted by Gasteiger charge is 2.07. The first kappa shape index (κ1) is 17.7. The number of hydrogen-bond acceptors (Lipinski definition) is 1. The monoisotopic (exact) mass is 355 g/mol. The van der Waals surface area contributed by atoms with Crippen LogP contribution in [0.3, 0.4) is 0 Å². The molecule has 0 aliphatic heterocycles. The van der Waals surface area contributed by atoms with E-state index in [1.54, 1.807) is 31.2 Å². The number of halogens is 2. The van der Waals surface area contributed by atoms with Crippen LogP contribution >= 0.6 is 0 Å². The minimum atomic E-state index is -0.414. The van der Waals surface area contributed by atoms with Crippen molar-refractivity contribution in [3.05, 3.63) is 89.2 Å². The highest BCUT2D eigenvalue weighted by Crippen LogP contribution is 2.13. The van der Waals surface area contributed by atoms with Gasteiger partial charge in [0.05, 0.1) is 6.54 Å². The molecule has 6 heteroatoms. The van der Waals surface area contributed by atoms with Crippen LogP contribution in [-0.2, 0) is 13.1 Å². The summed E-state index contributed by atoms with van der Waals surface area (Å²) in [4.78, 5) is 12.0. The fourth-order valence-electron chi connectivity index (χ4n) is 2.57. The van der Waals surface area contributed by atoms with Gasteiger partial charge in [-0.2, -0.15) is 0 Å². The lowest BCUT2D eigenvalue weighted by Crippen LogP contribution is -2.29. The summed E-state index contributed by atoms with van der Waals surface area (Å²) < 4.78 is 28.5. The van der Waals surface area contributed by atoms with Gasteiger partial charge in [0.15, 0.2) is 0 Å². The first-order valence-corrected chi connectivity index (χ1v) is 8.21. The van der Waals surface area contributed by atoms with Crippen molar-refractivity contribution in [3.8, 4) is 0 Å². The van der Waals surface area contributed by atoms with E-state index in [-0.39, 0.29) is 11.6 Å². The van der Waals surface area contributed by atoms with Gasteiger partial charge in [0.1, 0.15) is 11.6 Å². The quantitative estimate of drug-likeness (QED) is 0.698. The molecule has 0 saturated carbocycles. The lowest BCUT2D eigenvalue weighted by molar-refractivity contribution is 0.251. The van der Waals surface area contributed by atoms with Gasteiger partial charge in [-0.25, -0.2) is 13.6 Å². The molecule has 134 valence electrons. The van der Waals surface area contributed by atoms with Crippen LogP contribution in [0, 0.1) is 18.6 Å². The molecule has 1 heterocycles. The van der Waals surface area contributed by atoms with Crippen molar-refractivity contribution in [2.24, 2.45) is 0 Å². The topological polar surface area (TPSA) is 46.1 Å². The molecule has 0 atom stereocenters. The maximum Gasteiger partial charge on any atom is 0.319 e. The maximum atomic E-state index is 13.5. The Bertz CT molecular complexity index is 904. The predicted molar refractivity (Wildman–Crippen MR) is 96.9 cm³/mol. The molecule has 0 fully saturated rings. The van der Waals surface area contributed by atoms with Crippen LogP contribution in [0.2, 0.25) is 0 Å². The molecule has 1 aromatic heterocycles. The Kier molecular flexibility index (Phi) is 5.31. The Balaban J connectivity index is 1.58. The van der Waals surface area contributed by atoms with Crippen LogP contribution in [0.5, 0.6) is 0 Å². The zero-order valence-electron chi connectivity index (χ0n) is 14.3. The van der Waals surface area contributed by atoms with Crippen molar-refractivity contribution >= 4 is 11.7 Å². The van der Waals surface area contributed by atoms with Crippen LogP contribution in [-0.4, -0.2) is 10.6 Å². The summed E-state index contributed by atoms with van der Waals surface area (Å²) in [5.74, 6) is -0.636. The molecule has 2 N–H and O–H groups in total. The fraction of sp³-hybridized carbons (Fsp3) is 0.150. The molecule has 0 spiro atoms. The van der Waals surface area contributed by atoms with E-state index in [0.717, 1.165) is 11.3 Å². The lowest BCUT2D eigenvalue weighted by Gasteiger charge is -2.12. The normalized spacial score (nSPS) is 10.6. The second-order valence-electron chi connectivity index (χ2n) is 6.03. The molecule has 2 aromatic carbocycles. The number of aromatic nitrogens is 1. The van der Waals surface area contributed by atoms with Gasteiger partial charge >= 0.3 is 6.03 Å². The summed E-state index contributed by atoms with van der Waals surface area (Å²) in [7, 11) is 0. The van der Waals surface area contributed by atoms with Crippen molar-refractivity contribution in [2.45, 2.75) is 20.0 Å². The zero-order chi connectivity index (χ0) is 18.5. The van der Waals surface area contributed by atoms with Gasteiger partial charge in [0, 0.05) is 24.1 Å². The molecule has 0 saturated heterocycles. The Morgan fingerprint density at radius 3 is 2.58 bits per heavy atom. The summed E-state index contributed by atoms with van der Waals surface area (Å²) in [6, 6.07) is 14.2. The van der Waals surface area contributed by atoms with E-state index >= 15 is 0 Å². The van der Waals surface area contributed by atoms with Crippen molar-refractivity contribution in [1.29, 1.82) is 0 Å². The summed E-state index contributed by atoms with van der Waals surface area (Å²) in [5.41, 5.74) is 2.78. The van der Waals surface area contributed by atoms with Crippen molar-refractivity contribution in [1.82, 2.24) is 9.88 Å². The third kappa shape index (κ3) is 4.47. The minimum Gasteiger partial charge on any atom is -0.345 e. The average molecular weight is 355 g/mol. The number of amides is 2. The minimum absolute atomic E-state index is 0.271. The lowest BCUT2D eigenvalue weighted by atomic mass is 10.2. The third-order valence-electron chi connectivity index (χ3n) is 4.05. The van der Waals surface area contributed by atoms with E-state index in [1.165, 1.54) is 18.2 Å². The summed E-state index contributed by atoms with van der Waals surface area (Å²) in [6.07, 6.45) is 1.90. The second-order valence-corrected chi connectivity index (χ2v) is 6.03. The first-order valence-electron chi connectivity index (χ1n) is 8.21. The largest absolute Gasteiger partial charge is 0.345 e. The van der Waals surface area contributed by atoms with Gasteiger partial charge in [0.25, 0.3) is 0 Å². The van der Waals surface area contributed by atoms with Gasteiger partial charge in [-0.15, -0.1) is 0 Å². The number of carbonyl (C=O) groups is 1. The van der Waals surface area contributed by atoms with Gasteiger partial charge in [-0.3, -0.25) is 0 Å². The Morgan fingerprint density at radius 2 is 1.85 bits per heavy atom. The Hall–Kier alpha value is -3.15. The number of nitrogens with zero attached hydrogens (tertiary/aromatic N) is 1. The number of aryl methyl sites for hydroxylation is 1. The molecule has 26 heavy (non-hydrogen) atoms. The van der Waals surface area contributed by atoms with E-state index in [4.69, 9.17) is 0 Å². The number of urea groups is 1. The summed E-state index contributed by atoms with van der Waals surface area (Å²) >= 11 is 0. The smallest absolute Gasteiger partial charge is 0.319 e. The average Bonchev–Trinajstić information content (AvgIpc) is 3.05. The second kappa shape index (κ2) is 7.82. The van der Waals surface area contributed by atoms with Gasteiger partial charge in [-0.1, -0.05) is 18.2 Å². The molecular weight excluding hydrogens is 336 g/mol. The van der Waals surface area contributed by atoms with Crippen LogP contribution in [0.1, 0.15) is 16.8 Å². The SMILES string of the molecule is Cc1ccc(NC(=O)NCc2cccn2Cc2ccc(F)cc2)cc1F. The van der Waals surface area contributed by atoms with Crippen molar-refractivity contribution in [3.63, 3.8) is 0 Å². The fourth-order valence-corrected chi connectivity index (χ4v) is 2.57. The number of anilines is 1. The van der Waals surface area contributed by atoms with Crippen LogP contribution in [0.15, 0.2) is 60.8 Å². The van der Waals surface area contributed by atoms with Crippen LogP contribution in [0.25, 0.3) is 0 Å². The maximum absolute atomic E-state index is 13.5. The highest BCUT2D eigenvalue weighted by atomic mass is 19.1. The van der Waals surface area contributed by atoms with E-state index in [9.17, 15) is 13.6 Å². The summed E-state index contributed by atoms with van der Waals surface area (Å²) in [5, 5.41) is 5.36. The number of benzene rings is 2. The highest BCUT2D eigenvalue weighted by molar-refractivity contribution is 5.89. The van der Waals surface area contributed by atoms with E-state index in [1.807, 2.05) is 22.9 Å². The molecule has 0 aliphatic rings. The Labute approximate surface area is 150 Å². The molecule has 2 amide bonds. The molecule has 0 radical (unpaired) electrons. The van der Waals surface area contributed by atoms with Crippen molar-refractivity contribution in [2.75, 3.05) is 5.32 Å². The van der Waals surface area contributed by atoms with Crippen LogP contribution < -0.4 is 10.6 Å². The number of nitrogens with one attached hydrogen (secondary N) is 2. The zero-order valence-corrected chi connectivity index (χ0v) is 14.3. The van der Waals surface area contributed by atoms with Gasteiger partial charge in [-0.05, 0) is 54.4 Å². The molecule has 3 aromatic rings. The molecular formula is C20H19F2N3O.